The SMILES string of the molecule is CC[C@H](C)[C@H](NC(=O)[C@@H]1CCCN1C(=O)[C@H](Cc1cnc[nH]1)NC(=O)[C@H](CCc1ccccc1)NC(=O)[C@H](Cc1ccc(O)cc1)NC(=O)[C@@H](NC(=O)[C@H](CCCN=C(N)N)NC(=O)CNC)C(C)C)C(=O)O. The highest BCUT2D eigenvalue weighted by Crippen LogP contribution is 2.21. The van der Waals surface area contributed by atoms with Gasteiger partial charge in [0.1, 0.15) is 48.0 Å². The average Bonchev–Trinajstić information content (AvgIpc) is 4.08. The topological polar surface area (TPSA) is 358 Å². The fourth-order valence-corrected chi connectivity index (χ4v) is 8.33. The molecular weight excluding hydrogens is 943 g/mol. The maximum atomic E-state index is 14.7. The number of benzene rings is 2. The van der Waals surface area contributed by atoms with E-state index in [4.69, 9.17) is 11.5 Å². The molecule has 0 bridgehead atoms. The van der Waals surface area contributed by atoms with Gasteiger partial charge in [-0.3, -0.25) is 38.6 Å². The smallest absolute Gasteiger partial charge is 0.326 e. The van der Waals surface area contributed by atoms with Crippen LogP contribution in [0.2, 0.25) is 0 Å². The number of phenols is 1. The van der Waals surface area contributed by atoms with Gasteiger partial charge in [0.05, 0.1) is 12.9 Å². The number of phenolic OH excluding ortho intramolecular Hbond substituents is 1. The number of rotatable bonds is 29. The summed E-state index contributed by atoms with van der Waals surface area (Å²) in [6, 6.07) is 6.66. The lowest BCUT2D eigenvalue weighted by atomic mass is 9.98. The van der Waals surface area contributed by atoms with E-state index in [0.717, 1.165) is 5.56 Å². The van der Waals surface area contributed by atoms with Crippen LogP contribution in [-0.2, 0) is 57.6 Å². The number of imidazole rings is 1. The van der Waals surface area contributed by atoms with Crippen LogP contribution in [-0.4, -0.2) is 147 Å². The number of nitrogens with two attached hydrogens (primary N) is 2. The van der Waals surface area contributed by atoms with Gasteiger partial charge in [0.25, 0.3) is 0 Å². The third kappa shape index (κ3) is 18.5. The molecule has 73 heavy (non-hydrogen) atoms. The first kappa shape index (κ1) is 58.0. The predicted molar refractivity (Wildman–Crippen MR) is 271 cm³/mol. The van der Waals surface area contributed by atoms with Crippen molar-refractivity contribution in [3.05, 3.63) is 83.9 Å². The first-order valence-electron chi connectivity index (χ1n) is 24.6. The van der Waals surface area contributed by atoms with E-state index in [1.807, 2.05) is 37.3 Å². The Morgan fingerprint density at radius 2 is 1.42 bits per heavy atom. The van der Waals surface area contributed by atoms with Crippen molar-refractivity contribution in [3.8, 4) is 5.75 Å². The summed E-state index contributed by atoms with van der Waals surface area (Å²) in [5.41, 5.74) is 12.8. The van der Waals surface area contributed by atoms with E-state index in [-0.39, 0.29) is 63.4 Å². The lowest BCUT2D eigenvalue weighted by molar-refractivity contribution is -0.146. The van der Waals surface area contributed by atoms with Crippen LogP contribution in [0.15, 0.2) is 72.1 Å². The number of hydrogen-bond acceptors (Lipinski definition) is 12. The minimum Gasteiger partial charge on any atom is -0.508 e. The molecule has 1 aliphatic heterocycles. The number of amides is 7. The Labute approximate surface area is 425 Å². The molecule has 23 heteroatoms. The Morgan fingerprint density at radius 1 is 0.781 bits per heavy atom. The molecular formula is C50H73N13O10. The van der Waals surface area contributed by atoms with Crippen molar-refractivity contribution in [2.45, 2.75) is 128 Å². The minimum atomic E-state index is -1.37. The lowest BCUT2D eigenvalue weighted by Gasteiger charge is -2.31. The van der Waals surface area contributed by atoms with E-state index in [2.05, 4.69) is 52.2 Å². The van der Waals surface area contributed by atoms with Crippen LogP contribution < -0.4 is 48.7 Å². The van der Waals surface area contributed by atoms with E-state index in [0.29, 0.717) is 36.9 Å². The van der Waals surface area contributed by atoms with Crippen molar-refractivity contribution in [3.63, 3.8) is 0 Å². The highest BCUT2D eigenvalue weighted by Gasteiger charge is 2.41. The van der Waals surface area contributed by atoms with Gasteiger partial charge in [-0.05, 0) is 80.7 Å². The summed E-state index contributed by atoms with van der Waals surface area (Å²) >= 11 is 0. The van der Waals surface area contributed by atoms with E-state index in [1.165, 1.54) is 29.6 Å². The third-order valence-corrected chi connectivity index (χ3v) is 12.6. The highest BCUT2D eigenvalue weighted by molar-refractivity contribution is 5.98. The molecule has 14 N–H and O–H groups in total. The molecule has 1 fully saturated rings. The fourth-order valence-electron chi connectivity index (χ4n) is 8.33. The van der Waals surface area contributed by atoms with Crippen molar-refractivity contribution in [1.29, 1.82) is 0 Å². The van der Waals surface area contributed by atoms with Gasteiger partial charge in [0, 0.05) is 37.8 Å². The van der Waals surface area contributed by atoms with Crippen molar-refractivity contribution in [2.24, 2.45) is 28.3 Å². The zero-order chi connectivity index (χ0) is 53.6. The average molecular weight is 1020 g/mol. The van der Waals surface area contributed by atoms with Gasteiger partial charge in [-0.2, -0.15) is 0 Å². The quantitative estimate of drug-likeness (QED) is 0.0237. The molecule has 2 aromatic carbocycles. The number of aromatic nitrogens is 2. The number of aromatic amines is 1. The summed E-state index contributed by atoms with van der Waals surface area (Å²) in [5.74, 6) is -6.99. The number of carboxylic acid groups (broad SMARTS) is 1. The van der Waals surface area contributed by atoms with Crippen LogP contribution in [0.4, 0.5) is 0 Å². The summed E-state index contributed by atoms with van der Waals surface area (Å²) < 4.78 is 0. The van der Waals surface area contributed by atoms with E-state index < -0.39 is 101 Å². The molecule has 0 saturated carbocycles. The molecule has 0 spiro atoms. The van der Waals surface area contributed by atoms with E-state index in [9.17, 15) is 48.6 Å². The number of hydrogen-bond donors (Lipinski definition) is 12. The van der Waals surface area contributed by atoms with Gasteiger partial charge in [0.15, 0.2) is 5.96 Å². The number of aryl methyl sites for hydroxylation is 1. The number of likely N-dealkylation sites (N-methyl/N-ethyl adjacent to an activating group) is 1. The Bertz CT molecular complexity index is 2330. The van der Waals surface area contributed by atoms with Crippen molar-refractivity contribution in [1.82, 2.24) is 52.1 Å². The lowest BCUT2D eigenvalue weighted by Crippen LogP contribution is -2.61. The molecule has 1 aliphatic rings. The number of carbonyl (C=O) groups excluding carboxylic acids is 7. The number of nitrogens with zero attached hydrogens (tertiary/aromatic N) is 3. The first-order valence-corrected chi connectivity index (χ1v) is 24.6. The monoisotopic (exact) mass is 1020 g/mol. The van der Waals surface area contributed by atoms with Gasteiger partial charge >= 0.3 is 5.97 Å². The summed E-state index contributed by atoms with van der Waals surface area (Å²) in [5, 5.41) is 39.1. The summed E-state index contributed by atoms with van der Waals surface area (Å²) in [6.07, 6.45) is 4.61. The Kier molecular flexibility index (Phi) is 23.1. The Hall–Kier alpha value is -7.56. The second-order valence-corrected chi connectivity index (χ2v) is 18.6. The third-order valence-electron chi connectivity index (χ3n) is 12.6. The standard InChI is InChI=1S/C50H73N13O10/c1-6-30(4)42(49(72)73)62-46(69)39-15-11-23-63(39)48(71)38(25-33-26-54-28-56-33)60-43(66)36(21-18-31-12-8-7-9-13-31)58-45(68)37(24-32-16-19-34(64)20-17-32)59-47(70)41(29(2)3)61-44(67)35(57-40(65)27-53-5)14-10-22-55-50(51)52/h7-9,12-13,16-17,19-20,26,28-30,35-39,41-42,53,64H,6,10-11,14-15,18,21-25,27H2,1-5H3,(H,54,56)(H,57,65)(H,58,68)(H,59,70)(H,60,66)(H,61,67)(H,62,69)(H,72,73)(H4,51,52,55)/t30-,35-,36-,37-,38-,39-,41-,42-/m0/s1. The number of aromatic hydroxyl groups is 1. The molecule has 3 aromatic rings. The number of aliphatic imine (C=N–C) groups is 1. The van der Waals surface area contributed by atoms with Gasteiger partial charge in [-0.1, -0.05) is 76.6 Å². The molecule has 8 atom stereocenters. The molecule has 7 amide bonds. The largest absolute Gasteiger partial charge is 0.508 e. The highest BCUT2D eigenvalue weighted by atomic mass is 16.4. The van der Waals surface area contributed by atoms with Crippen molar-refractivity contribution < 1.29 is 48.6 Å². The summed E-state index contributed by atoms with van der Waals surface area (Å²) in [4.78, 5) is 123. The zero-order valence-corrected chi connectivity index (χ0v) is 42.2. The molecule has 4 rings (SSSR count). The van der Waals surface area contributed by atoms with Crippen LogP contribution in [0.25, 0.3) is 0 Å². The number of carbonyl (C=O) groups is 8. The second kappa shape index (κ2) is 29.1. The Balaban J connectivity index is 1.65. The van der Waals surface area contributed by atoms with Crippen LogP contribution in [0, 0.1) is 11.8 Å². The number of guanidine groups is 1. The molecule has 2 heterocycles. The molecule has 0 aliphatic carbocycles. The van der Waals surface area contributed by atoms with Crippen molar-refractivity contribution in [2.75, 3.05) is 26.7 Å². The maximum absolute atomic E-state index is 14.7. The molecule has 1 aromatic heterocycles. The summed E-state index contributed by atoms with van der Waals surface area (Å²) in [7, 11) is 1.57. The Morgan fingerprint density at radius 3 is 2.04 bits per heavy atom. The van der Waals surface area contributed by atoms with E-state index in [1.54, 1.807) is 40.0 Å². The number of aliphatic carboxylic acids is 1. The number of carboxylic acids is 1. The van der Waals surface area contributed by atoms with Crippen LogP contribution >= 0.6 is 0 Å². The molecule has 0 unspecified atom stereocenters. The second-order valence-electron chi connectivity index (χ2n) is 18.6. The molecule has 1 saturated heterocycles. The van der Waals surface area contributed by atoms with Crippen LogP contribution in [0.5, 0.6) is 5.75 Å². The molecule has 23 nitrogen and oxygen atoms in total. The normalized spacial score (nSPS) is 16.1. The van der Waals surface area contributed by atoms with Gasteiger partial charge in [-0.25, -0.2) is 9.78 Å². The van der Waals surface area contributed by atoms with Gasteiger partial charge < -0.3 is 68.8 Å². The minimum absolute atomic E-state index is 0.0296. The number of likely N-dealkylation sites (tertiary alicyclic amines) is 1. The van der Waals surface area contributed by atoms with Gasteiger partial charge in [-0.15, -0.1) is 0 Å². The van der Waals surface area contributed by atoms with Gasteiger partial charge in [0.2, 0.25) is 41.4 Å². The number of H-pyrrole nitrogens is 1. The summed E-state index contributed by atoms with van der Waals surface area (Å²) in [6.45, 7) is 7.14. The van der Waals surface area contributed by atoms with Crippen LogP contribution in [0.1, 0.15) is 83.0 Å². The number of nitrogens with one attached hydrogen (secondary N) is 8. The van der Waals surface area contributed by atoms with Crippen molar-refractivity contribution >= 4 is 53.3 Å². The van der Waals surface area contributed by atoms with E-state index >= 15 is 0 Å². The molecule has 0 radical (unpaired) electrons. The first-order chi connectivity index (χ1) is 34.8. The van der Waals surface area contributed by atoms with Crippen LogP contribution in [0.3, 0.4) is 0 Å². The fraction of sp³-hybridized carbons (Fsp3) is 0.520. The predicted octanol–water partition coefficient (Wildman–Crippen LogP) is -0.507. The maximum Gasteiger partial charge on any atom is 0.326 e. The zero-order valence-electron chi connectivity index (χ0n) is 42.2. The molecule has 398 valence electrons.